The SMILES string of the molecule is COC(CCSC)CNC(=O)C12CC3CC(CC(C3)C1)C2. The molecule has 0 heterocycles. The third kappa shape index (κ3) is 3.26. The highest BCUT2D eigenvalue weighted by atomic mass is 32.2. The van der Waals surface area contributed by atoms with Crippen molar-refractivity contribution in [3.63, 3.8) is 0 Å². The third-order valence-electron chi connectivity index (χ3n) is 5.99. The second-order valence-electron chi connectivity index (χ2n) is 7.55. The van der Waals surface area contributed by atoms with Crippen LogP contribution in [0.4, 0.5) is 0 Å². The van der Waals surface area contributed by atoms with Crippen LogP contribution in [0.3, 0.4) is 0 Å². The van der Waals surface area contributed by atoms with Crippen molar-refractivity contribution in [1.29, 1.82) is 0 Å². The van der Waals surface area contributed by atoms with E-state index in [2.05, 4.69) is 11.6 Å². The molecule has 4 heteroatoms. The molecule has 1 atom stereocenters. The zero-order valence-corrected chi connectivity index (χ0v) is 14.2. The molecule has 4 fully saturated rings. The van der Waals surface area contributed by atoms with Gasteiger partial charge in [0.25, 0.3) is 0 Å². The molecule has 3 nitrogen and oxygen atoms in total. The lowest BCUT2D eigenvalue weighted by Gasteiger charge is -2.55. The van der Waals surface area contributed by atoms with Crippen molar-refractivity contribution in [1.82, 2.24) is 5.32 Å². The Labute approximate surface area is 133 Å². The predicted octanol–water partition coefficient (Wildman–Crippen LogP) is 3.09. The highest BCUT2D eigenvalue weighted by molar-refractivity contribution is 7.98. The van der Waals surface area contributed by atoms with Crippen molar-refractivity contribution in [2.24, 2.45) is 23.2 Å². The lowest BCUT2D eigenvalue weighted by Crippen LogP contribution is -2.54. The number of amides is 1. The highest BCUT2D eigenvalue weighted by Gasteiger charge is 2.54. The van der Waals surface area contributed by atoms with Crippen LogP contribution in [0.25, 0.3) is 0 Å². The van der Waals surface area contributed by atoms with Crippen molar-refractivity contribution >= 4 is 17.7 Å². The molecule has 4 aliphatic carbocycles. The second kappa shape index (κ2) is 6.49. The number of hydrogen-bond donors (Lipinski definition) is 1. The summed E-state index contributed by atoms with van der Waals surface area (Å²) in [5, 5.41) is 3.23. The van der Waals surface area contributed by atoms with Gasteiger partial charge in [0.1, 0.15) is 0 Å². The minimum atomic E-state index is -0.0213. The molecule has 4 bridgehead atoms. The first kappa shape index (κ1) is 15.7. The number of hydrogen-bond acceptors (Lipinski definition) is 3. The molecule has 1 amide bonds. The van der Waals surface area contributed by atoms with Gasteiger partial charge in [-0.1, -0.05) is 0 Å². The molecule has 21 heavy (non-hydrogen) atoms. The summed E-state index contributed by atoms with van der Waals surface area (Å²) >= 11 is 1.83. The molecule has 0 aliphatic heterocycles. The molecule has 4 rings (SSSR count). The number of rotatable bonds is 7. The summed E-state index contributed by atoms with van der Waals surface area (Å²) in [4.78, 5) is 12.8. The Morgan fingerprint density at radius 2 is 1.81 bits per heavy atom. The van der Waals surface area contributed by atoms with Gasteiger partial charge in [0.2, 0.25) is 5.91 Å². The minimum absolute atomic E-state index is 0.0213. The Bertz CT molecular complexity index is 350. The van der Waals surface area contributed by atoms with Gasteiger partial charge in [-0.15, -0.1) is 0 Å². The molecule has 1 N–H and O–H groups in total. The van der Waals surface area contributed by atoms with Gasteiger partial charge in [-0.05, 0) is 74.7 Å². The van der Waals surface area contributed by atoms with Crippen LogP contribution >= 0.6 is 11.8 Å². The molecule has 4 saturated carbocycles. The first-order valence-corrected chi connectivity index (χ1v) is 9.84. The number of methoxy groups -OCH3 is 1. The summed E-state index contributed by atoms with van der Waals surface area (Å²) in [5.41, 5.74) is -0.0213. The fraction of sp³-hybridized carbons (Fsp3) is 0.941. The van der Waals surface area contributed by atoms with Crippen molar-refractivity contribution < 1.29 is 9.53 Å². The molecule has 0 saturated heterocycles. The predicted molar refractivity (Wildman–Crippen MR) is 87.4 cm³/mol. The summed E-state index contributed by atoms with van der Waals surface area (Å²) in [6.45, 7) is 0.678. The number of ether oxygens (including phenoxy) is 1. The quantitative estimate of drug-likeness (QED) is 0.785. The van der Waals surface area contributed by atoms with E-state index in [1.165, 1.54) is 19.3 Å². The first-order chi connectivity index (χ1) is 10.1. The maximum Gasteiger partial charge on any atom is 0.226 e. The van der Waals surface area contributed by atoms with Crippen LogP contribution in [0.1, 0.15) is 44.9 Å². The number of carbonyl (C=O) groups excluding carboxylic acids is 1. The summed E-state index contributed by atoms with van der Waals surface area (Å²) in [6.07, 6.45) is 10.9. The lowest BCUT2D eigenvalue weighted by molar-refractivity contribution is -0.146. The van der Waals surface area contributed by atoms with E-state index in [1.54, 1.807) is 7.11 Å². The van der Waals surface area contributed by atoms with Crippen LogP contribution in [-0.4, -0.2) is 37.7 Å². The van der Waals surface area contributed by atoms with Gasteiger partial charge in [0, 0.05) is 19.1 Å². The maximum atomic E-state index is 12.8. The highest BCUT2D eigenvalue weighted by Crippen LogP contribution is 2.60. The standard InChI is InChI=1S/C17H29NO2S/c1-20-15(3-4-21-2)11-18-16(19)17-8-12-5-13(9-17)7-14(6-12)10-17/h12-15H,3-11H2,1-2H3,(H,18,19). The summed E-state index contributed by atoms with van der Waals surface area (Å²) in [7, 11) is 1.75. The number of thioether (sulfide) groups is 1. The molecule has 120 valence electrons. The van der Waals surface area contributed by atoms with Crippen LogP contribution in [0.15, 0.2) is 0 Å². The van der Waals surface area contributed by atoms with Gasteiger partial charge >= 0.3 is 0 Å². The molecule has 0 aromatic carbocycles. The van der Waals surface area contributed by atoms with Gasteiger partial charge in [-0.3, -0.25) is 4.79 Å². The first-order valence-electron chi connectivity index (χ1n) is 8.45. The average Bonchev–Trinajstić information content (AvgIpc) is 2.45. The van der Waals surface area contributed by atoms with Crippen LogP contribution < -0.4 is 5.32 Å². The van der Waals surface area contributed by atoms with Crippen LogP contribution in [0, 0.1) is 23.2 Å². The van der Waals surface area contributed by atoms with Crippen molar-refractivity contribution in [2.75, 3.05) is 25.7 Å². The summed E-state index contributed by atoms with van der Waals surface area (Å²) in [5.74, 6) is 3.91. The zero-order chi connectivity index (χ0) is 14.9. The normalized spacial score (nSPS) is 38.5. The van der Waals surface area contributed by atoms with Gasteiger partial charge < -0.3 is 10.1 Å². The lowest BCUT2D eigenvalue weighted by atomic mass is 9.49. The fourth-order valence-electron chi connectivity index (χ4n) is 5.34. The molecule has 0 aromatic heterocycles. The number of carbonyl (C=O) groups is 1. The van der Waals surface area contributed by atoms with Crippen LogP contribution in [0.2, 0.25) is 0 Å². The van der Waals surface area contributed by atoms with Crippen molar-refractivity contribution in [3.8, 4) is 0 Å². The Kier molecular flexibility index (Phi) is 4.84. The third-order valence-corrected chi connectivity index (χ3v) is 6.63. The second-order valence-corrected chi connectivity index (χ2v) is 8.53. The van der Waals surface area contributed by atoms with Crippen molar-refractivity contribution in [2.45, 2.75) is 51.0 Å². The monoisotopic (exact) mass is 311 g/mol. The Morgan fingerprint density at radius 1 is 1.24 bits per heavy atom. The van der Waals surface area contributed by atoms with Crippen LogP contribution in [0.5, 0.6) is 0 Å². The van der Waals surface area contributed by atoms with Gasteiger partial charge in [0.05, 0.1) is 6.10 Å². The van der Waals surface area contributed by atoms with Crippen LogP contribution in [-0.2, 0) is 9.53 Å². The Balaban J connectivity index is 1.55. The smallest absolute Gasteiger partial charge is 0.226 e. The van der Waals surface area contributed by atoms with E-state index in [1.807, 2.05) is 11.8 Å². The fourth-order valence-corrected chi connectivity index (χ4v) is 5.83. The van der Waals surface area contributed by atoms with E-state index in [9.17, 15) is 4.79 Å². The largest absolute Gasteiger partial charge is 0.380 e. The molecule has 4 aliphatic rings. The molecular formula is C17H29NO2S. The van der Waals surface area contributed by atoms with E-state index >= 15 is 0 Å². The summed E-state index contributed by atoms with van der Waals surface area (Å²) < 4.78 is 5.49. The van der Waals surface area contributed by atoms with Gasteiger partial charge in [-0.25, -0.2) is 0 Å². The molecule has 0 spiro atoms. The van der Waals surface area contributed by atoms with Crippen molar-refractivity contribution in [3.05, 3.63) is 0 Å². The molecule has 0 radical (unpaired) electrons. The topological polar surface area (TPSA) is 38.3 Å². The van der Waals surface area contributed by atoms with E-state index in [0.717, 1.165) is 49.2 Å². The molecular weight excluding hydrogens is 282 g/mol. The van der Waals surface area contributed by atoms with E-state index in [0.29, 0.717) is 12.5 Å². The molecule has 0 aromatic rings. The number of nitrogens with one attached hydrogen (secondary N) is 1. The van der Waals surface area contributed by atoms with Gasteiger partial charge in [-0.2, -0.15) is 11.8 Å². The molecule has 1 unspecified atom stereocenters. The Morgan fingerprint density at radius 3 is 2.29 bits per heavy atom. The van der Waals surface area contributed by atoms with Gasteiger partial charge in [0.15, 0.2) is 0 Å². The summed E-state index contributed by atoms with van der Waals surface area (Å²) in [6, 6.07) is 0. The van der Waals surface area contributed by atoms with E-state index < -0.39 is 0 Å². The van der Waals surface area contributed by atoms with E-state index in [4.69, 9.17) is 4.74 Å². The Hall–Kier alpha value is -0.220. The maximum absolute atomic E-state index is 12.8. The van der Waals surface area contributed by atoms with E-state index in [-0.39, 0.29) is 11.5 Å². The minimum Gasteiger partial charge on any atom is -0.380 e. The zero-order valence-electron chi connectivity index (χ0n) is 13.4. The average molecular weight is 311 g/mol.